The summed E-state index contributed by atoms with van der Waals surface area (Å²) in [7, 11) is 0. The first-order valence-electron chi connectivity index (χ1n) is 10.5. The number of amides is 1. The first-order valence-corrected chi connectivity index (χ1v) is 10.9. The Kier molecular flexibility index (Phi) is 6.16. The SMILES string of the molecule is CC[C@H](C)c1ccc2oc(-c3ccc(Cl)c(NC(=O)c4ccc([N+](=O)[O-])c(C)c4)c3)nc2c1. The van der Waals surface area contributed by atoms with E-state index in [4.69, 9.17) is 16.0 Å². The van der Waals surface area contributed by atoms with Crippen molar-refractivity contribution < 1.29 is 14.1 Å². The third kappa shape index (κ3) is 4.59. The summed E-state index contributed by atoms with van der Waals surface area (Å²) >= 11 is 6.31. The van der Waals surface area contributed by atoms with Crippen LogP contribution in [0.3, 0.4) is 0 Å². The summed E-state index contributed by atoms with van der Waals surface area (Å²) in [5.41, 5.74) is 4.35. The quantitative estimate of drug-likeness (QED) is 0.242. The number of aryl methyl sites for hydroxylation is 1. The molecule has 8 heteroatoms. The van der Waals surface area contributed by atoms with Crippen LogP contribution in [0, 0.1) is 17.0 Å². The van der Waals surface area contributed by atoms with Crippen LogP contribution in [0.5, 0.6) is 0 Å². The molecule has 1 N–H and O–H groups in total. The summed E-state index contributed by atoms with van der Waals surface area (Å²) in [5.74, 6) is 0.419. The highest BCUT2D eigenvalue weighted by Gasteiger charge is 2.17. The Hall–Kier alpha value is -3.71. The fourth-order valence-electron chi connectivity index (χ4n) is 3.56. The Labute approximate surface area is 195 Å². The van der Waals surface area contributed by atoms with Crippen molar-refractivity contribution >= 4 is 40.0 Å². The van der Waals surface area contributed by atoms with Crippen molar-refractivity contribution in [3.05, 3.63) is 86.4 Å². The Morgan fingerprint density at radius 3 is 2.67 bits per heavy atom. The molecular weight excluding hydrogens is 442 g/mol. The Balaban J connectivity index is 1.62. The summed E-state index contributed by atoms with van der Waals surface area (Å²) in [6, 6.07) is 15.3. The van der Waals surface area contributed by atoms with Gasteiger partial charge in [-0.15, -0.1) is 0 Å². The molecule has 1 aromatic heterocycles. The minimum Gasteiger partial charge on any atom is -0.436 e. The summed E-state index contributed by atoms with van der Waals surface area (Å²) < 4.78 is 5.93. The van der Waals surface area contributed by atoms with E-state index in [1.165, 1.54) is 23.8 Å². The van der Waals surface area contributed by atoms with Crippen LogP contribution in [-0.4, -0.2) is 15.8 Å². The smallest absolute Gasteiger partial charge is 0.272 e. The van der Waals surface area contributed by atoms with Crippen molar-refractivity contribution in [1.82, 2.24) is 4.98 Å². The highest BCUT2D eigenvalue weighted by atomic mass is 35.5. The molecular formula is C25H22ClN3O4. The van der Waals surface area contributed by atoms with Gasteiger partial charge >= 0.3 is 0 Å². The molecule has 4 aromatic rings. The van der Waals surface area contributed by atoms with E-state index in [1.54, 1.807) is 25.1 Å². The lowest BCUT2D eigenvalue weighted by Gasteiger charge is -2.09. The predicted molar refractivity (Wildman–Crippen MR) is 129 cm³/mol. The van der Waals surface area contributed by atoms with E-state index in [0.29, 0.717) is 44.8 Å². The topological polar surface area (TPSA) is 98.3 Å². The minimum absolute atomic E-state index is 0.0426. The molecule has 0 fully saturated rings. The average Bonchev–Trinajstić information content (AvgIpc) is 3.23. The lowest BCUT2D eigenvalue weighted by Crippen LogP contribution is -2.12. The second-order valence-electron chi connectivity index (χ2n) is 7.96. The highest BCUT2D eigenvalue weighted by molar-refractivity contribution is 6.34. The molecule has 0 spiro atoms. The van der Waals surface area contributed by atoms with Crippen LogP contribution in [-0.2, 0) is 0 Å². The third-order valence-electron chi connectivity index (χ3n) is 5.71. The number of halogens is 1. The molecule has 1 amide bonds. The number of nitrogens with zero attached hydrogens (tertiary/aromatic N) is 2. The van der Waals surface area contributed by atoms with Crippen LogP contribution in [0.1, 0.15) is 47.7 Å². The van der Waals surface area contributed by atoms with Crippen LogP contribution in [0.4, 0.5) is 11.4 Å². The molecule has 3 aromatic carbocycles. The lowest BCUT2D eigenvalue weighted by atomic mass is 9.98. The van der Waals surface area contributed by atoms with E-state index < -0.39 is 10.8 Å². The van der Waals surface area contributed by atoms with Crippen LogP contribution < -0.4 is 5.32 Å². The van der Waals surface area contributed by atoms with Gasteiger partial charge in [-0.05, 0) is 67.3 Å². The number of hydrogen-bond donors (Lipinski definition) is 1. The first-order chi connectivity index (χ1) is 15.8. The zero-order chi connectivity index (χ0) is 23.7. The van der Waals surface area contributed by atoms with Crippen LogP contribution in [0.2, 0.25) is 5.02 Å². The number of hydrogen-bond acceptors (Lipinski definition) is 5. The number of rotatable bonds is 6. The maximum atomic E-state index is 12.7. The fourth-order valence-corrected chi connectivity index (χ4v) is 3.73. The molecule has 0 saturated heterocycles. The van der Waals surface area contributed by atoms with Crippen molar-refractivity contribution in [3.63, 3.8) is 0 Å². The zero-order valence-corrected chi connectivity index (χ0v) is 19.1. The molecule has 0 aliphatic heterocycles. The van der Waals surface area contributed by atoms with Crippen molar-refractivity contribution in [2.75, 3.05) is 5.32 Å². The van der Waals surface area contributed by atoms with Crippen molar-refractivity contribution in [2.45, 2.75) is 33.1 Å². The molecule has 0 bridgehead atoms. The van der Waals surface area contributed by atoms with Gasteiger partial charge < -0.3 is 9.73 Å². The van der Waals surface area contributed by atoms with Gasteiger partial charge in [-0.2, -0.15) is 0 Å². The normalized spacial score (nSPS) is 12.0. The second-order valence-corrected chi connectivity index (χ2v) is 8.37. The monoisotopic (exact) mass is 463 g/mol. The van der Waals surface area contributed by atoms with Crippen LogP contribution >= 0.6 is 11.6 Å². The number of aromatic nitrogens is 1. The largest absolute Gasteiger partial charge is 0.436 e. The standard InChI is InChI=1S/C25H22ClN3O4/c1-4-14(2)16-7-10-23-21(12-16)28-25(33-23)18-5-8-19(26)20(13-18)27-24(30)17-6-9-22(29(31)32)15(3)11-17/h5-14H,4H2,1-3H3,(H,27,30)/t14-/m0/s1. The number of nitro benzene ring substituents is 1. The molecule has 7 nitrogen and oxygen atoms in total. The molecule has 1 heterocycles. The number of carbonyl (C=O) groups excluding carboxylic acids is 1. The van der Waals surface area contributed by atoms with Gasteiger partial charge in [0.1, 0.15) is 5.52 Å². The second kappa shape index (κ2) is 9.03. The Morgan fingerprint density at radius 2 is 1.97 bits per heavy atom. The Bertz CT molecular complexity index is 1380. The lowest BCUT2D eigenvalue weighted by molar-refractivity contribution is -0.385. The average molecular weight is 464 g/mol. The maximum Gasteiger partial charge on any atom is 0.272 e. The number of nitro groups is 1. The van der Waals surface area contributed by atoms with E-state index in [2.05, 4.69) is 24.1 Å². The fraction of sp³-hybridized carbons (Fsp3) is 0.200. The maximum absolute atomic E-state index is 12.7. The molecule has 0 aliphatic carbocycles. The van der Waals surface area contributed by atoms with Gasteiger partial charge in [0.05, 0.1) is 15.6 Å². The number of benzene rings is 3. The molecule has 168 valence electrons. The van der Waals surface area contributed by atoms with Gasteiger partial charge in [0.2, 0.25) is 5.89 Å². The van der Waals surface area contributed by atoms with Gasteiger partial charge in [0.15, 0.2) is 5.58 Å². The highest BCUT2D eigenvalue weighted by Crippen LogP contribution is 2.32. The van der Waals surface area contributed by atoms with E-state index in [1.807, 2.05) is 18.2 Å². The number of nitrogens with one attached hydrogen (secondary N) is 1. The van der Waals surface area contributed by atoms with Gasteiger partial charge in [0, 0.05) is 22.8 Å². The number of oxazole rings is 1. The van der Waals surface area contributed by atoms with Gasteiger partial charge in [-0.3, -0.25) is 14.9 Å². The summed E-state index contributed by atoms with van der Waals surface area (Å²) in [5, 5.41) is 14.1. The van der Waals surface area contributed by atoms with E-state index >= 15 is 0 Å². The van der Waals surface area contributed by atoms with E-state index in [9.17, 15) is 14.9 Å². The summed E-state index contributed by atoms with van der Waals surface area (Å²) in [6.07, 6.45) is 1.03. The first kappa shape index (κ1) is 22.5. The molecule has 4 rings (SSSR count). The summed E-state index contributed by atoms with van der Waals surface area (Å²) in [4.78, 5) is 27.9. The molecule has 1 atom stereocenters. The van der Waals surface area contributed by atoms with E-state index in [-0.39, 0.29) is 5.69 Å². The minimum atomic E-state index is -0.483. The molecule has 33 heavy (non-hydrogen) atoms. The van der Waals surface area contributed by atoms with Gasteiger partial charge in [0.25, 0.3) is 11.6 Å². The van der Waals surface area contributed by atoms with E-state index in [0.717, 1.165) is 11.9 Å². The number of fused-ring (bicyclic) bond motifs is 1. The predicted octanol–water partition coefficient (Wildman–Crippen LogP) is 7.13. The van der Waals surface area contributed by atoms with Gasteiger partial charge in [-0.1, -0.05) is 31.5 Å². The molecule has 0 radical (unpaired) electrons. The van der Waals surface area contributed by atoms with Crippen molar-refractivity contribution in [1.29, 1.82) is 0 Å². The number of anilines is 1. The third-order valence-corrected chi connectivity index (χ3v) is 6.04. The van der Waals surface area contributed by atoms with Crippen LogP contribution in [0.15, 0.2) is 59.0 Å². The van der Waals surface area contributed by atoms with Crippen LogP contribution in [0.25, 0.3) is 22.6 Å². The van der Waals surface area contributed by atoms with Crippen molar-refractivity contribution in [2.24, 2.45) is 0 Å². The molecule has 0 saturated carbocycles. The molecule has 0 aliphatic rings. The summed E-state index contributed by atoms with van der Waals surface area (Å²) in [6.45, 7) is 5.90. The zero-order valence-electron chi connectivity index (χ0n) is 18.4. The number of carbonyl (C=O) groups is 1. The van der Waals surface area contributed by atoms with Gasteiger partial charge in [-0.25, -0.2) is 4.98 Å². The molecule has 0 unspecified atom stereocenters. The Morgan fingerprint density at radius 1 is 1.18 bits per heavy atom. The van der Waals surface area contributed by atoms with Crippen molar-refractivity contribution in [3.8, 4) is 11.5 Å².